The van der Waals surface area contributed by atoms with Gasteiger partial charge < -0.3 is 4.74 Å². The Morgan fingerprint density at radius 3 is 1.44 bits per heavy atom. The molecule has 4 aromatic carbocycles. The summed E-state index contributed by atoms with van der Waals surface area (Å²) in [5.41, 5.74) is 0.992. The number of hydrogen-bond donors (Lipinski definition) is 0. The van der Waals surface area contributed by atoms with Gasteiger partial charge in [0.05, 0.1) is 32.4 Å². The number of aromatic nitrogens is 4. The lowest BCUT2D eigenvalue weighted by atomic mass is 10.00. The number of nitro benzene ring substituents is 2. The van der Waals surface area contributed by atoms with Gasteiger partial charge in [-0.15, -0.1) is 0 Å². The molecule has 0 amide bonds. The number of fused-ring (bicyclic) bond motifs is 2. The van der Waals surface area contributed by atoms with Crippen molar-refractivity contribution in [1.82, 2.24) is 19.9 Å². The standard InChI is InChI=1S/C28H16N6O5/c35-33(36)23-11-9-17-5-1-3-7-19(17)25(23)21-13-15-29-27(31-21)39-28-30-16-14-22(32-28)26-20-8-4-2-6-18(20)10-12-24(26)34(37)38/h1-16H. The van der Waals surface area contributed by atoms with E-state index in [-0.39, 0.29) is 34.8 Å². The van der Waals surface area contributed by atoms with Crippen LogP contribution in [0.1, 0.15) is 0 Å². The van der Waals surface area contributed by atoms with Crippen molar-refractivity contribution in [3.05, 3.63) is 118 Å². The molecular weight excluding hydrogens is 500 g/mol. The van der Waals surface area contributed by atoms with Gasteiger partial charge in [-0.1, -0.05) is 48.5 Å². The molecule has 11 heteroatoms. The molecule has 0 atom stereocenters. The molecule has 0 bridgehead atoms. The molecule has 0 aliphatic heterocycles. The minimum absolute atomic E-state index is 0.111. The highest BCUT2D eigenvalue weighted by Gasteiger charge is 2.22. The Labute approximate surface area is 219 Å². The Balaban J connectivity index is 1.43. The number of hydrogen-bond acceptors (Lipinski definition) is 9. The van der Waals surface area contributed by atoms with E-state index in [1.165, 1.54) is 24.5 Å². The van der Waals surface area contributed by atoms with Gasteiger partial charge in [0.15, 0.2) is 0 Å². The summed E-state index contributed by atoms with van der Waals surface area (Å²) in [6.07, 6.45) is 2.84. The van der Waals surface area contributed by atoms with E-state index in [1.54, 1.807) is 48.5 Å². The molecule has 188 valence electrons. The Bertz CT molecular complexity index is 1790. The van der Waals surface area contributed by atoms with E-state index in [9.17, 15) is 20.2 Å². The third-order valence-electron chi connectivity index (χ3n) is 6.17. The van der Waals surface area contributed by atoms with Crippen LogP contribution in [-0.2, 0) is 0 Å². The smallest absolute Gasteiger partial charge is 0.324 e. The summed E-state index contributed by atoms with van der Waals surface area (Å²) in [7, 11) is 0. The zero-order valence-electron chi connectivity index (χ0n) is 20.0. The van der Waals surface area contributed by atoms with Crippen LogP contribution in [0, 0.1) is 20.2 Å². The van der Waals surface area contributed by atoms with Crippen LogP contribution in [0.25, 0.3) is 44.1 Å². The first kappa shape index (κ1) is 23.6. The molecule has 0 fully saturated rings. The first-order chi connectivity index (χ1) is 19.0. The van der Waals surface area contributed by atoms with Gasteiger partial charge in [0.2, 0.25) is 0 Å². The van der Waals surface area contributed by atoms with Gasteiger partial charge in [0, 0.05) is 24.5 Å². The molecule has 0 spiro atoms. The fraction of sp³-hybridized carbons (Fsp3) is 0. The second kappa shape index (κ2) is 9.56. The summed E-state index contributed by atoms with van der Waals surface area (Å²) in [5.74, 6) is 0. The summed E-state index contributed by atoms with van der Waals surface area (Å²) in [6.45, 7) is 0. The van der Waals surface area contributed by atoms with Crippen molar-refractivity contribution in [2.75, 3.05) is 0 Å². The Hall–Kier alpha value is -5.84. The van der Waals surface area contributed by atoms with E-state index in [0.29, 0.717) is 21.9 Å². The van der Waals surface area contributed by atoms with Gasteiger partial charge in [0.1, 0.15) is 0 Å². The maximum atomic E-state index is 11.8. The zero-order valence-corrected chi connectivity index (χ0v) is 20.0. The van der Waals surface area contributed by atoms with Gasteiger partial charge in [-0.3, -0.25) is 20.2 Å². The average molecular weight is 516 g/mol. The molecule has 6 aromatic rings. The molecule has 0 radical (unpaired) electrons. The highest BCUT2D eigenvalue weighted by molar-refractivity contribution is 6.01. The number of ether oxygens (including phenoxy) is 1. The van der Waals surface area contributed by atoms with Gasteiger partial charge in [-0.05, 0) is 45.8 Å². The fourth-order valence-corrected chi connectivity index (χ4v) is 4.50. The third kappa shape index (κ3) is 4.33. The van der Waals surface area contributed by atoms with Crippen molar-refractivity contribution < 1.29 is 14.6 Å². The summed E-state index contributed by atoms with van der Waals surface area (Å²) in [5, 5.41) is 26.6. The normalized spacial score (nSPS) is 11.0. The van der Waals surface area contributed by atoms with E-state index >= 15 is 0 Å². The molecule has 2 aromatic heterocycles. The van der Waals surface area contributed by atoms with Crippen LogP contribution in [0.2, 0.25) is 0 Å². The van der Waals surface area contributed by atoms with Gasteiger partial charge in [0.25, 0.3) is 11.4 Å². The molecule has 11 nitrogen and oxygen atoms in total. The molecule has 39 heavy (non-hydrogen) atoms. The van der Waals surface area contributed by atoms with Crippen LogP contribution < -0.4 is 4.74 Å². The number of rotatable bonds is 6. The number of nitro groups is 2. The first-order valence-corrected chi connectivity index (χ1v) is 11.7. The van der Waals surface area contributed by atoms with Crippen molar-refractivity contribution in [1.29, 1.82) is 0 Å². The molecule has 0 aliphatic carbocycles. The topological polar surface area (TPSA) is 147 Å². The monoisotopic (exact) mass is 516 g/mol. The fourth-order valence-electron chi connectivity index (χ4n) is 4.50. The second-order valence-electron chi connectivity index (χ2n) is 8.43. The summed E-state index contributed by atoms with van der Waals surface area (Å²) in [6, 6.07) is 23.6. The lowest BCUT2D eigenvalue weighted by molar-refractivity contribution is -0.384. The lowest BCUT2D eigenvalue weighted by Gasteiger charge is -2.10. The van der Waals surface area contributed by atoms with E-state index in [0.717, 1.165) is 10.8 Å². The Morgan fingerprint density at radius 2 is 1.00 bits per heavy atom. The van der Waals surface area contributed by atoms with Gasteiger partial charge >= 0.3 is 12.0 Å². The molecule has 0 saturated heterocycles. The van der Waals surface area contributed by atoms with Crippen molar-refractivity contribution in [3.8, 4) is 34.5 Å². The van der Waals surface area contributed by atoms with Crippen LogP contribution in [0.4, 0.5) is 11.4 Å². The van der Waals surface area contributed by atoms with Gasteiger partial charge in [-0.25, -0.2) is 9.97 Å². The van der Waals surface area contributed by atoms with Crippen LogP contribution in [0.5, 0.6) is 12.0 Å². The predicted molar refractivity (Wildman–Crippen MR) is 143 cm³/mol. The molecule has 6 rings (SSSR count). The Kier molecular flexibility index (Phi) is 5.77. The predicted octanol–water partition coefficient (Wildman–Crippen LogP) is 6.52. The molecular formula is C28H16N6O5. The summed E-state index contributed by atoms with van der Waals surface area (Å²) < 4.78 is 5.74. The maximum Gasteiger partial charge on any atom is 0.324 e. The molecule has 0 unspecified atom stereocenters. The van der Waals surface area contributed by atoms with E-state index in [1.807, 2.05) is 24.3 Å². The van der Waals surface area contributed by atoms with Crippen molar-refractivity contribution in [2.24, 2.45) is 0 Å². The van der Waals surface area contributed by atoms with Crippen LogP contribution in [0.15, 0.2) is 97.3 Å². The minimum Gasteiger partial charge on any atom is -0.388 e. The van der Waals surface area contributed by atoms with Crippen molar-refractivity contribution in [2.45, 2.75) is 0 Å². The summed E-state index contributed by atoms with van der Waals surface area (Å²) in [4.78, 5) is 39.8. The van der Waals surface area contributed by atoms with Gasteiger partial charge in [-0.2, -0.15) is 9.97 Å². The Morgan fingerprint density at radius 1 is 0.564 bits per heavy atom. The van der Waals surface area contributed by atoms with E-state index in [4.69, 9.17) is 4.74 Å². The largest absolute Gasteiger partial charge is 0.388 e. The first-order valence-electron chi connectivity index (χ1n) is 11.7. The molecule has 0 aliphatic rings. The highest BCUT2D eigenvalue weighted by Crippen LogP contribution is 2.38. The maximum absolute atomic E-state index is 11.8. The minimum atomic E-state index is -0.464. The molecule has 0 saturated carbocycles. The molecule has 2 heterocycles. The summed E-state index contributed by atoms with van der Waals surface area (Å²) >= 11 is 0. The zero-order chi connectivity index (χ0) is 26.9. The van der Waals surface area contributed by atoms with E-state index < -0.39 is 9.85 Å². The lowest BCUT2D eigenvalue weighted by Crippen LogP contribution is -2.00. The van der Waals surface area contributed by atoms with Crippen LogP contribution in [-0.4, -0.2) is 29.8 Å². The van der Waals surface area contributed by atoms with Crippen molar-refractivity contribution >= 4 is 32.9 Å². The SMILES string of the molecule is O=[N+]([O-])c1ccc2ccccc2c1-c1ccnc(Oc2nccc(-c3c([N+](=O)[O-])ccc4ccccc34)n2)n1. The average Bonchev–Trinajstić information content (AvgIpc) is 2.96. The van der Waals surface area contributed by atoms with E-state index in [2.05, 4.69) is 19.9 Å². The molecule has 0 N–H and O–H groups in total. The second-order valence-corrected chi connectivity index (χ2v) is 8.43. The number of nitrogens with zero attached hydrogens (tertiary/aromatic N) is 6. The highest BCUT2D eigenvalue weighted by atomic mass is 16.6. The third-order valence-corrected chi connectivity index (χ3v) is 6.17. The van der Waals surface area contributed by atoms with Crippen LogP contribution >= 0.6 is 0 Å². The number of benzene rings is 4. The van der Waals surface area contributed by atoms with Crippen molar-refractivity contribution in [3.63, 3.8) is 0 Å². The van der Waals surface area contributed by atoms with Crippen LogP contribution in [0.3, 0.4) is 0 Å². The quantitative estimate of drug-likeness (QED) is 0.178.